The Hall–Kier alpha value is -3.30. The molecule has 1 aliphatic heterocycles. The number of carbonyl (C=O) groups is 2. The molecule has 8 nitrogen and oxygen atoms in total. The number of rotatable bonds is 6. The molecule has 10 heteroatoms. The van der Waals surface area contributed by atoms with Crippen molar-refractivity contribution in [2.45, 2.75) is 25.0 Å². The van der Waals surface area contributed by atoms with Crippen LogP contribution in [0.2, 0.25) is 5.02 Å². The molecular weight excluding hydrogens is 451 g/mol. The van der Waals surface area contributed by atoms with Gasteiger partial charge in [0, 0.05) is 35.4 Å². The zero-order chi connectivity index (χ0) is 23.1. The van der Waals surface area contributed by atoms with E-state index in [2.05, 4.69) is 10.1 Å². The highest BCUT2D eigenvalue weighted by Gasteiger charge is 2.29. The van der Waals surface area contributed by atoms with E-state index >= 15 is 0 Å². The fourth-order valence-electron chi connectivity index (χ4n) is 4.00. The second kappa shape index (κ2) is 8.57. The van der Waals surface area contributed by atoms with Gasteiger partial charge in [0.1, 0.15) is 17.7 Å². The van der Waals surface area contributed by atoms with Crippen molar-refractivity contribution < 1.29 is 23.8 Å². The third-order valence-electron chi connectivity index (χ3n) is 5.88. The van der Waals surface area contributed by atoms with Crippen molar-refractivity contribution in [3.8, 4) is 11.3 Å². The lowest BCUT2D eigenvalue weighted by molar-refractivity contribution is 0.0394. The van der Waals surface area contributed by atoms with Crippen LogP contribution in [0.15, 0.2) is 36.7 Å². The highest BCUT2D eigenvalue weighted by molar-refractivity contribution is 6.30. The molecule has 0 amide bonds. The van der Waals surface area contributed by atoms with E-state index in [1.807, 2.05) is 15.8 Å². The number of hydrogen-bond acceptors (Lipinski definition) is 6. The molecule has 0 spiro atoms. The second-order valence-electron chi connectivity index (χ2n) is 8.13. The average molecular weight is 471 g/mol. The number of carbonyl (C=O) groups excluding carboxylic acids is 1. The molecule has 2 fully saturated rings. The molecule has 170 valence electrons. The molecule has 1 aromatic carbocycles. The molecule has 1 aliphatic carbocycles. The quantitative estimate of drug-likeness (QED) is 0.540. The van der Waals surface area contributed by atoms with Crippen LogP contribution in [-0.2, 0) is 4.74 Å². The van der Waals surface area contributed by atoms with E-state index in [-0.39, 0.29) is 33.5 Å². The van der Waals surface area contributed by atoms with Gasteiger partial charge in [-0.3, -0.25) is 9.48 Å². The smallest absolute Gasteiger partial charge is 0.336 e. The maximum atomic E-state index is 14.7. The fourth-order valence-corrected chi connectivity index (χ4v) is 4.16. The van der Waals surface area contributed by atoms with Crippen molar-refractivity contribution in [2.24, 2.45) is 0 Å². The van der Waals surface area contributed by atoms with Gasteiger partial charge in [-0.25, -0.2) is 14.2 Å². The standard InChI is InChI=1S/C23H20ClFN4O4/c24-14-1-4-16(19(25)7-14)22-18(12-30)17(23(31)32)8-21(27-22)28-5-6-33-20(11-28)13-9-26-29(10-13)15-2-3-15/h1,4,7-10,12,15,20H,2-3,5-6,11H2,(H,31,32). The Bertz CT molecular complexity index is 1240. The summed E-state index contributed by atoms with van der Waals surface area (Å²) in [6.45, 7) is 1.26. The van der Waals surface area contributed by atoms with Crippen molar-refractivity contribution in [1.29, 1.82) is 0 Å². The number of hydrogen-bond donors (Lipinski definition) is 1. The minimum Gasteiger partial charge on any atom is -0.478 e. The van der Waals surface area contributed by atoms with Gasteiger partial charge in [0.2, 0.25) is 0 Å². The number of morpholine rings is 1. The van der Waals surface area contributed by atoms with Gasteiger partial charge in [0.05, 0.1) is 35.7 Å². The number of pyridine rings is 1. The van der Waals surface area contributed by atoms with Crippen LogP contribution in [0.4, 0.5) is 10.2 Å². The molecule has 0 radical (unpaired) electrons. The number of ether oxygens (including phenoxy) is 1. The Kier molecular flexibility index (Phi) is 5.59. The van der Waals surface area contributed by atoms with E-state index < -0.39 is 11.8 Å². The van der Waals surface area contributed by atoms with E-state index in [9.17, 15) is 19.1 Å². The number of aldehydes is 1. The summed E-state index contributed by atoms with van der Waals surface area (Å²) in [4.78, 5) is 30.1. The van der Waals surface area contributed by atoms with Gasteiger partial charge in [0.25, 0.3) is 0 Å². The van der Waals surface area contributed by atoms with Crippen LogP contribution >= 0.6 is 11.6 Å². The first-order chi connectivity index (χ1) is 15.9. The van der Waals surface area contributed by atoms with Gasteiger partial charge in [-0.05, 0) is 37.1 Å². The summed E-state index contributed by atoms with van der Waals surface area (Å²) < 4.78 is 22.6. The summed E-state index contributed by atoms with van der Waals surface area (Å²) in [6.07, 6.45) is 6.11. The minimum absolute atomic E-state index is 0.00127. The van der Waals surface area contributed by atoms with Crippen LogP contribution in [0.25, 0.3) is 11.3 Å². The van der Waals surface area contributed by atoms with Gasteiger partial charge in [-0.1, -0.05) is 11.6 Å². The van der Waals surface area contributed by atoms with E-state index in [0.717, 1.165) is 24.5 Å². The number of halogens is 2. The number of benzene rings is 1. The number of nitrogens with zero attached hydrogens (tertiary/aromatic N) is 4. The molecule has 2 aromatic heterocycles. The number of carboxylic acids is 1. The third kappa shape index (κ3) is 4.21. The first-order valence-electron chi connectivity index (χ1n) is 10.5. The Morgan fingerprint density at radius 3 is 2.82 bits per heavy atom. The lowest BCUT2D eigenvalue weighted by atomic mass is 10.0. The van der Waals surface area contributed by atoms with E-state index in [0.29, 0.717) is 37.8 Å². The number of anilines is 1. The average Bonchev–Trinajstić information content (AvgIpc) is 3.54. The molecule has 1 N–H and O–H groups in total. The van der Waals surface area contributed by atoms with E-state index in [1.165, 1.54) is 18.2 Å². The number of carboxylic acid groups (broad SMARTS) is 1. The summed E-state index contributed by atoms with van der Waals surface area (Å²) in [5, 5.41) is 14.3. The summed E-state index contributed by atoms with van der Waals surface area (Å²) in [7, 11) is 0. The maximum Gasteiger partial charge on any atom is 0.336 e. The Labute approximate surface area is 193 Å². The molecule has 1 saturated heterocycles. The maximum absolute atomic E-state index is 14.7. The molecule has 5 rings (SSSR count). The van der Waals surface area contributed by atoms with Crippen molar-refractivity contribution in [1.82, 2.24) is 14.8 Å². The van der Waals surface area contributed by atoms with Crippen molar-refractivity contribution in [3.05, 3.63) is 64.2 Å². The first-order valence-corrected chi connectivity index (χ1v) is 10.9. The summed E-state index contributed by atoms with van der Waals surface area (Å²) in [6, 6.07) is 5.75. The van der Waals surface area contributed by atoms with Crippen LogP contribution in [0, 0.1) is 5.82 Å². The van der Waals surface area contributed by atoms with Gasteiger partial charge >= 0.3 is 5.97 Å². The van der Waals surface area contributed by atoms with Crippen LogP contribution < -0.4 is 4.90 Å². The van der Waals surface area contributed by atoms with Crippen LogP contribution in [0.5, 0.6) is 0 Å². The molecule has 0 bridgehead atoms. The first kappa shape index (κ1) is 21.5. The molecular formula is C23H20ClFN4O4. The molecule has 3 aromatic rings. The van der Waals surface area contributed by atoms with Crippen molar-refractivity contribution >= 4 is 29.7 Å². The Morgan fingerprint density at radius 1 is 1.30 bits per heavy atom. The Balaban J connectivity index is 1.53. The Morgan fingerprint density at radius 2 is 2.12 bits per heavy atom. The molecule has 1 atom stereocenters. The predicted molar refractivity (Wildman–Crippen MR) is 118 cm³/mol. The molecule has 1 saturated carbocycles. The zero-order valence-electron chi connectivity index (χ0n) is 17.4. The fraction of sp³-hybridized carbons (Fsp3) is 0.304. The van der Waals surface area contributed by atoms with Crippen LogP contribution in [0.1, 0.15) is 51.3 Å². The largest absolute Gasteiger partial charge is 0.478 e. The van der Waals surface area contributed by atoms with Crippen LogP contribution in [0.3, 0.4) is 0 Å². The van der Waals surface area contributed by atoms with Gasteiger partial charge in [-0.2, -0.15) is 5.10 Å². The summed E-state index contributed by atoms with van der Waals surface area (Å²) in [5.74, 6) is -1.67. The normalized spacial score (nSPS) is 18.4. The van der Waals surface area contributed by atoms with Gasteiger partial charge in [0.15, 0.2) is 6.29 Å². The van der Waals surface area contributed by atoms with Crippen molar-refractivity contribution in [2.75, 3.05) is 24.6 Å². The van der Waals surface area contributed by atoms with Crippen LogP contribution in [-0.4, -0.2) is 51.8 Å². The molecule has 33 heavy (non-hydrogen) atoms. The third-order valence-corrected chi connectivity index (χ3v) is 6.12. The SMILES string of the molecule is O=Cc1c(C(=O)O)cc(N2CCOC(c3cnn(C4CC4)c3)C2)nc1-c1ccc(Cl)cc1F. The molecule has 1 unspecified atom stereocenters. The number of aromatic nitrogens is 3. The molecule has 3 heterocycles. The zero-order valence-corrected chi connectivity index (χ0v) is 18.2. The summed E-state index contributed by atoms with van der Waals surface area (Å²) >= 11 is 5.86. The monoisotopic (exact) mass is 470 g/mol. The predicted octanol–water partition coefficient (Wildman–Crippen LogP) is 4.16. The van der Waals surface area contributed by atoms with E-state index in [4.69, 9.17) is 16.3 Å². The second-order valence-corrected chi connectivity index (χ2v) is 8.56. The minimum atomic E-state index is -1.30. The van der Waals surface area contributed by atoms with Gasteiger partial charge < -0.3 is 14.7 Å². The summed E-state index contributed by atoms with van der Waals surface area (Å²) in [5.41, 5.74) is 0.450. The van der Waals surface area contributed by atoms with E-state index in [1.54, 1.807) is 6.20 Å². The lowest BCUT2D eigenvalue weighted by Crippen LogP contribution is -2.39. The van der Waals surface area contributed by atoms with Gasteiger partial charge in [-0.15, -0.1) is 0 Å². The number of aromatic carboxylic acids is 1. The highest BCUT2D eigenvalue weighted by atomic mass is 35.5. The highest BCUT2D eigenvalue weighted by Crippen LogP contribution is 2.36. The lowest BCUT2D eigenvalue weighted by Gasteiger charge is -2.34. The van der Waals surface area contributed by atoms with Crippen molar-refractivity contribution in [3.63, 3.8) is 0 Å². The molecule has 2 aliphatic rings. The topological polar surface area (TPSA) is 97.5 Å².